The lowest BCUT2D eigenvalue weighted by Gasteiger charge is -2.22. The molecule has 21 heavy (non-hydrogen) atoms. The normalized spacial score (nSPS) is 18.6. The Morgan fingerprint density at radius 3 is 2.86 bits per heavy atom. The summed E-state index contributed by atoms with van der Waals surface area (Å²) in [5.74, 6) is -0.409. The zero-order valence-corrected chi connectivity index (χ0v) is 11.4. The van der Waals surface area contributed by atoms with Crippen LogP contribution in [0.2, 0.25) is 0 Å². The molecule has 3 rings (SSSR count). The van der Waals surface area contributed by atoms with E-state index in [1.54, 1.807) is 6.07 Å². The summed E-state index contributed by atoms with van der Waals surface area (Å²) in [5, 5.41) is 13.3. The molecule has 110 valence electrons. The molecule has 6 heteroatoms. The van der Waals surface area contributed by atoms with Crippen molar-refractivity contribution in [2.24, 2.45) is 0 Å². The van der Waals surface area contributed by atoms with Crippen LogP contribution in [0.4, 0.5) is 4.39 Å². The maximum Gasteiger partial charge on any atom is 0.262 e. The molecule has 0 amide bonds. The molecule has 1 saturated heterocycles. The number of aromatic amines is 1. The number of H-pyrrole nitrogens is 1. The van der Waals surface area contributed by atoms with Crippen LogP contribution >= 0.6 is 0 Å². The molecule has 0 spiro atoms. The fraction of sp³-hybridized carbons (Fsp3) is 0.333. The predicted molar refractivity (Wildman–Crippen MR) is 76.5 cm³/mol. The lowest BCUT2D eigenvalue weighted by molar-refractivity contribution is 0.385. The van der Waals surface area contributed by atoms with Gasteiger partial charge in [0.25, 0.3) is 5.56 Å². The highest BCUT2D eigenvalue weighted by molar-refractivity contribution is 5.67. The number of benzene rings is 1. The Labute approximate surface area is 120 Å². The van der Waals surface area contributed by atoms with Crippen LogP contribution in [-0.2, 0) is 0 Å². The minimum atomic E-state index is -0.468. The lowest BCUT2D eigenvalue weighted by Crippen LogP contribution is -2.30. The molecule has 2 aromatic rings. The number of aromatic hydroxyl groups is 1. The molecule has 3 N–H and O–H groups in total. The van der Waals surface area contributed by atoms with E-state index in [1.807, 2.05) is 0 Å². The van der Waals surface area contributed by atoms with E-state index >= 15 is 0 Å². The van der Waals surface area contributed by atoms with Gasteiger partial charge in [-0.15, -0.1) is 0 Å². The van der Waals surface area contributed by atoms with Crippen molar-refractivity contribution in [2.45, 2.75) is 25.3 Å². The highest BCUT2D eigenvalue weighted by Crippen LogP contribution is 2.26. The first-order valence-corrected chi connectivity index (χ1v) is 6.97. The maximum absolute atomic E-state index is 13.3. The molecule has 1 unspecified atom stereocenters. The molecular formula is C15H16FN3O2. The minimum Gasteiger partial charge on any atom is -0.493 e. The van der Waals surface area contributed by atoms with Crippen LogP contribution in [0.5, 0.6) is 5.88 Å². The third kappa shape index (κ3) is 2.80. The lowest BCUT2D eigenvalue weighted by atomic mass is 10.0. The van der Waals surface area contributed by atoms with Gasteiger partial charge in [0.2, 0.25) is 5.88 Å². The van der Waals surface area contributed by atoms with Crippen molar-refractivity contribution in [3.63, 3.8) is 0 Å². The molecule has 1 aromatic carbocycles. The number of nitrogens with one attached hydrogen (secondary N) is 2. The SMILES string of the molecule is O=c1[nH]c(C2CCCCN2)nc(O)c1-c1cccc(F)c1. The molecule has 0 bridgehead atoms. The van der Waals surface area contributed by atoms with Gasteiger partial charge in [0.1, 0.15) is 17.2 Å². The first kappa shape index (κ1) is 13.8. The maximum atomic E-state index is 13.3. The van der Waals surface area contributed by atoms with E-state index in [9.17, 15) is 14.3 Å². The van der Waals surface area contributed by atoms with Crippen LogP contribution < -0.4 is 10.9 Å². The number of hydrogen-bond acceptors (Lipinski definition) is 4. The Morgan fingerprint density at radius 1 is 1.33 bits per heavy atom. The smallest absolute Gasteiger partial charge is 0.262 e. The number of piperidine rings is 1. The van der Waals surface area contributed by atoms with Gasteiger partial charge in [0.15, 0.2) is 0 Å². The second kappa shape index (κ2) is 5.65. The van der Waals surface area contributed by atoms with Crippen LogP contribution in [0.3, 0.4) is 0 Å². The summed E-state index contributed by atoms with van der Waals surface area (Å²) in [5.41, 5.74) is -0.158. The van der Waals surface area contributed by atoms with Crippen LogP contribution in [0.1, 0.15) is 31.1 Å². The first-order valence-electron chi connectivity index (χ1n) is 6.97. The highest BCUT2D eigenvalue weighted by atomic mass is 19.1. The van der Waals surface area contributed by atoms with Crippen molar-refractivity contribution in [2.75, 3.05) is 6.54 Å². The molecule has 1 atom stereocenters. The van der Waals surface area contributed by atoms with Crippen LogP contribution in [0, 0.1) is 5.82 Å². The monoisotopic (exact) mass is 289 g/mol. The molecule has 1 aliphatic heterocycles. The molecule has 0 radical (unpaired) electrons. The number of rotatable bonds is 2. The van der Waals surface area contributed by atoms with E-state index in [-0.39, 0.29) is 17.5 Å². The van der Waals surface area contributed by atoms with E-state index in [1.165, 1.54) is 18.2 Å². The molecule has 0 saturated carbocycles. The van der Waals surface area contributed by atoms with Crippen molar-refractivity contribution in [3.8, 4) is 17.0 Å². The van der Waals surface area contributed by atoms with Crippen LogP contribution in [0.25, 0.3) is 11.1 Å². The van der Waals surface area contributed by atoms with E-state index in [2.05, 4.69) is 15.3 Å². The zero-order valence-electron chi connectivity index (χ0n) is 11.4. The standard InChI is InChI=1S/C15H16FN3O2/c16-10-5-3-4-9(8-10)12-14(20)18-13(19-15(12)21)11-6-1-2-7-17-11/h3-5,8,11,17H,1-2,6-7H2,(H2,18,19,20,21). The number of halogens is 1. The summed E-state index contributed by atoms with van der Waals surface area (Å²) >= 11 is 0. The molecule has 1 fully saturated rings. The quantitative estimate of drug-likeness (QED) is 0.791. The summed E-state index contributed by atoms with van der Waals surface area (Å²) < 4.78 is 13.3. The number of aromatic nitrogens is 2. The molecule has 1 aliphatic rings. The van der Waals surface area contributed by atoms with Gasteiger partial charge in [-0.05, 0) is 37.1 Å². The highest BCUT2D eigenvalue weighted by Gasteiger charge is 2.20. The van der Waals surface area contributed by atoms with E-state index < -0.39 is 11.4 Å². The Hall–Kier alpha value is -2.21. The first-order chi connectivity index (χ1) is 10.1. The Morgan fingerprint density at radius 2 is 2.19 bits per heavy atom. The van der Waals surface area contributed by atoms with Crippen molar-refractivity contribution in [1.82, 2.24) is 15.3 Å². The summed E-state index contributed by atoms with van der Waals surface area (Å²) in [6, 6.07) is 5.47. The largest absolute Gasteiger partial charge is 0.493 e. The average molecular weight is 289 g/mol. The van der Waals surface area contributed by atoms with E-state index in [0.29, 0.717) is 11.4 Å². The second-order valence-corrected chi connectivity index (χ2v) is 5.16. The summed E-state index contributed by atoms with van der Waals surface area (Å²) in [7, 11) is 0. The van der Waals surface area contributed by atoms with Gasteiger partial charge in [-0.25, -0.2) is 4.39 Å². The van der Waals surface area contributed by atoms with Gasteiger partial charge < -0.3 is 15.4 Å². The fourth-order valence-corrected chi connectivity index (χ4v) is 2.63. The molecule has 2 heterocycles. The van der Waals surface area contributed by atoms with Crippen molar-refractivity contribution in [3.05, 3.63) is 46.3 Å². The summed E-state index contributed by atoms with van der Waals surface area (Å²) in [6.07, 6.45) is 3.00. The number of hydrogen-bond donors (Lipinski definition) is 3. The van der Waals surface area contributed by atoms with Crippen LogP contribution in [0.15, 0.2) is 29.1 Å². The van der Waals surface area contributed by atoms with Gasteiger partial charge >= 0.3 is 0 Å². The molecule has 1 aromatic heterocycles. The average Bonchev–Trinajstić information content (AvgIpc) is 2.47. The molecule has 0 aliphatic carbocycles. The Bertz CT molecular complexity index is 708. The summed E-state index contributed by atoms with van der Waals surface area (Å²) in [4.78, 5) is 19.0. The van der Waals surface area contributed by atoms with Gasteiger partial charge in [-0.1, -0.05) is 18.6 Å². The molecular weight excluding hydrogens is 273 g/mol. The van der Waals surface area contributed by atoms with Gasteiger partial charge in [0, 0.05) is 0 Å². The fourth-order valence-electron chi connectivity index (χ4n) is 2.63. The third-order valence-corrected chi connectivity index (χ3v) is 3.67. The minimum absolute atomic E-state index is 0.00550. The second-order valence-electron chi connectivity index (χ2n) is 5.16. The topological polar surface area (TPSA) is 78.0 Å². The van der Waals surface area contributed by atoms with Gasteiger partial charge in [-0.2, -0.15) is 4.98 Å². The van der Waals surface area contributed by atoms with Crippen LogP contribution in [-0.4, -0.2) is 21.6 Å². The third-order valence-electron chi connectivity index (χ3n) is 3.67. The van der Waals surface area contributed by atoms with E-state index in [0.717, 1.165) is 25.8 Å². The molecule has 5 nitrogen and oxygen atoms in total. The predicted octanol–water partition coefficient (Wildman–Crippen LogP) is 2.10. The summed E-state index contributed by atoms with van der Waals surface area (Å²) in [6.45, 7) is 0.862. The zero-order chi connectivity index (χ0) is 14.8. The van der Waals surface area contributed by atoms with Crippen molar-refractivity contribution < 1.29 is 9.50 Å². The van der Waals surface area contributed by atoms with Crippen molar-refractivity contribution in [1.29, 1.82) is 0 Å². The Balaban J connectivity index is 2.02. The van der Waals surface area contributed by atoms with E-state index in [4.69, 9.17) is 0 Å². The van der Waals surface area contributed by atoms with Gasteiger partial charge in [0.05, 0.1) is 6.04 Å². The van der Waals surface area contributed by atoms with Gasteiger partial charge in [-0.3, -0.25) is 4.79 Å². The van der Waals surface area contributed by atoms with Crippen molar-refractivity contribution >= 4 is 0 Å². The number of nitrogens with zero attached hydrogens (tertiary/aromatic N) is 1. The Kier molecular flexibility index (Phi) is 3.70.